The molecule has 1 atom stereocenters. The van der Waals surface area contributed by atoms with Crippen LogP contribution in [0.3, 0.4) is 0 Å². The van der Waals surface area contributed by atoms with Crippen LogP contribution in [0, 0.1) is 10.1 Å². The van der Waals surface area contributed by atoms with Crippen molar-refractivity contribution in [3.63, 3.8) is 0 Å². The highest BCUT2D eigenvalue weighted by Crippen LogP contribution is 2.57. The number of aliphatic hydroxyl groups is 1. The summed E-state index contributed by atoms with van der Waals surface area (Å²) in [5, 5.41) is 19.8. The summed E-state index contributed by atoms with van der Waals surface area (Å²) in [6, 6.07) is 1.53. The van der Waals surface area contributed by atoms with Crippen molar-refractivity contribution in [2.75, 3.05) is 0 Å². The predicted molar refractivity (Wildman–Crippen MR) is 54.1 cm³/mol. The van der Waals surface area contributed by atoms with Crippen molar-refractivity contribution < 1.29 is 45.2 Å². The Kier molecular flexibility index (Phi) is 4.14. The van der Waals surface area contributed by atoms with Gasteiger partial charge in [-0.2, -0.15) is 35.1 Å². The summed E-state index contributed by atoms with van der Waals surface area (Å²) in [5.41, 5.74) is -9.76. The molecule has 0 aliphatic carbocycles. The molecule has 0 aliphatic rings. The molecular weight excluding hydrogens is 334 g/mol. The molecule has 0 aromatic heterocycles. The fourth-order valence-electron chi connectivity index (χ4n) is 1.64. The standard InChI is InChI=1S/C10H5F8NO3/c11-8(12,10(16,17)18)7(20,9(13,14)15)5-3-1-2-4-6(5)19(21)22/h1-4,20H. The minimum atomic E-state index is -6.80. The molecule has 0 fully saturated rings. The summed E-state index contributed by atoms with van der Waals surface area (Å²) in [4.78, 5) is 8.96. The molecule has 0 bridgehead atoms. The predicted octanol–water partition coefficient (Wildman–Crippen LogP) is 3.54. The van der Waals surface area contributed by atoms with Gasteiger partial charge in [-0.1, -0.05) is 12.1 Å². The third-order valence-electron chi connectivity index (χ3n) is 2.71. The first-order valence-corrected chi connectivity index (χ1v) is 5.15. The van der Waals surface area contributed by atoms with E-state index in [2.05, 4.69) is 0 Å². The van der Waals surface area contributed by atoms with E-state index in [1.165, 1.54) is 0 Å². The lowest BCUT2D eigenvalue weighted by atomic mass is 9.85. The van der Waals surface area contributed by atoms with Gasteiger partial charge in [0, 0.05) is 6.07 Å². The van der Waals surface area contributed by atoms with E-state index in [9.17, 15) is 50.3 Å². The molecule has 1 unspecified atom stereocenters. The van der Waals surface area contributed by atoms with Crippen molar-refractivity contribution in [2.24, 2.45) is 0 Å². The number of benzene rings is 1. The Balaban J connectivity index is 3.82. The molecule has 124 valence electrons. The van der Waals surface area contributed by atoms with Crippen molar-refractivity contribution in [1.82, 2.24) is 0 Å². The first kappa shape index (κ1) is 18.1. The highest BCUT2D eigenvalue weighted by atomic mass is 19.4. The number of nitro groups is 1. The number of para-hydroxylation sites is 1. The molecule has 4 nitrogen and oxygen atoms in total. The lowest BCUT2D eigenvalue weighted by molar-refractivity contribution is -0.418. The van der Waals surface area contributed by atoms with Crippen molar-refractivity contribution in [3.05, 3.63) is 39.9 Å². The average Bonchev–Trinajstić information content (AvgIpc) is 2.34. The van der Waals surface area contributed by atoms with Crippen LogP contribution in [0.1, 0.15) is 5.56 Å². The second-order valence-electron chi connectivity index (χ2n) is 4.05. The fraction of sp³-hybridized carbons (Fsp3) is 0.400. The number of nitro benzene ring substituents is 1. The summed E-state index contributed by atoms with van der Waals surface area (Å²) in [6.07, 6.45) is -13.3. The van der Waals surface area contributed by atoms with Gasteiger partial charge in [-0.25, -0.2) is 0 Å². The molecular formula is C10H5F8NO3. The molecule has 0 saturated heterocycles. The summed E-state index contributed by atoms with van der Waals surface area (Å²) >= 11 is 0. The van der Waals surface area contributed by atoms with E-state index in [4.69, 9.17) is 0 Å². The van der Waals surface area contributed by atoms with Crippen molar-refractivity contribution in [1.29, 1.82) is 0 Å². The molecule has 0 heterocycles. The average molecular weight is 339 g/mol. The van der Waals surface area contributed by atoms with Crippen LogP contribution in [0.5, 0.6) is 0 Å². The number of nitrogens with zero attached hydrogens (tertiary/aromatic N) is 1. The molecule has 0 saturated carbocycles. The Morgan fingerprint density at radius 1 is 0.909 bits per heavy atom. The van der Waals surface area contributed by atoms with Crippen molar-refractivity contribution >= 4 is 5.69 Å². The number of hydrogen-bond donors (Lipinski definition) is 1. The molecule has 1 N–H and O–H groups in total. The molecule has 12 heteroatoms. The van der Waals surface area contributed by atoms with Gasteiger partial charge in [-0.05, 0) is 6.07 Å². The van der Waals surface area contributed by atoms with Crippen molar-refractivity contribution in [3.8, 4) is 0 Å². The number of hydrogen-bond acceptors (Lipinski definition) is 3. The van der Waals surface area contributed by atoms with Gasteiger partial charge in [0.05, 0.1) is 10.5 Å². The first-order chi connectivity index (χ1) is 9.68. The summed E-state index contributed by atoms with van der Waals surface area (Å²) < 4.78 is 102. The van der Waals surface area contributed by atoms with Gasteiger partial charge < -0.3 is 5.11 Å². The second-order valence-corrected chi connectivity index (χ2v) is 4.05. The van der Waals surface area contributed by atoms with E-state index < -0.39 is 40.1 Å². The summed E-state index contributed by atoms with van der Waals surface area (Å²) in [6.45, 7) is 0. The number of rotatable bonds is 3. The van der Waals surface area contributed by atoms with Crippen molar-refractivity contribution in [2.45, 2.75) is 23.9 Å². The second kappa shape index (κ2) is 5.04. The third kappa shape index (κ3) is 2.46. The van der Waals surface area contributed by atoms with E-state index in [-0.39, 0.29) is 12.1 Å². The zero-order valence-electron chi connectivity index (χ0n) is 10.0. The van der Waals surface area contributed by atoms with Gasteiger partial charge in [-0.3, -0.25) is 10.1 Å². The summed E-state index contributed by atoms with van der Waals surface area (Å²) in [7, 11) is 0. The Hall–Kier alpha value is -1.98. The maximum absolute atomic E-state index is 13.3. The fourth-order valence-corrected chi connectivity index (χ4v) is 1.64. The van der Waals surface area contributed by atoms with Crippen LogP contribution >= 0.6 is 0 Å². The molecule has 0 aliphatic heterocycles. The van der Waals surface area contributed by atoms with E-state index in [1.54, 1.807) is 0 Å². The Morgan fingerprint density at radius 2 is 1.36 bits per heavy atom. The number of halogens is 8. The van der Waals surface area contributed by atoms with E-state index in [0.717, 1.165) is 6.07 Å². The summed E-state index contributed by atoms with van der Waals surface area (Å²) in [5.74, 6) is -6.72. The minimum absolute atomic E-state index is 0.0225. The van der Waals surface area contributed by atoms with Crippen LogP contribution < -0.4 is 0 Å². The molecule has 0 radical (unpaired) electrons. The van der Waals surface area contributed by atoms with Crippen LogP contribution in [0.25, 0.3) is 0 Å². The Labute approximate surface area is 116 Å². The highest BCUT2D eigenvalue weighted by Gasteiger charge is 2.81. The molecule has 1 aromatic carbocycles. The van der Waals surface area contributed by atoms with Gasteiger partial charge in [0.15, 0.2) is 0 Å². The topological polar surface area (TPSA) is 63.4 Å². The zero-order valence-corrected chi connectivity index (χ0v) is 10.0. The SMILES string of the molecule is O=[N+]([O-])c1ccccc1C(O)(C(F)(F)F)C(F)(F)C(F)(F)F. The Morgan fingerprint density at radius 3 is 1.73 bits per heavy atom. The quantitative estimate of drug-likeness (QED) is 0.520. The Bertz CT molecular complexity index is 582. The first-order valence-electron chi connectivity index (χ1n) is 5.15. The maximum atomic E-state index is 13.3. The van der Waals surface area contributed by atoms with Gasteiger partial charge in [-0.15, -0.1) is 0 Å². The lowest BCUT2D eigenvalue weighted by Gasteiger charge is -2.37. The monoisotopic (exact) mass is 339 g/mol. The molecule has 1 rings (SSSR count). The minimum Gasteiger partial charge on any atom is -0.371 e. The van der Waals surface area contributed by atoms with Crippen LogP contribution in [-0.2, 0) is 5.60 Å². The zero-order chi connectivity index (χ0) is 17.6. The van der Waals surface area contributed by atoms with E-state index in [0.29, 0.717) is 6.07 Å². The largest absolute Gasteiger partial charge is 0.457 e. The van der Waals surface area contributed by atoms with E-state index >= 15 is 0 Å². The van der Waals surface area contributed by atoms with Crippen LogP contribution in [0.2, 0.25) is 0 Å². The highest BCUT2D eigenvalue weighted by molar-refractivity contribution is 5.46. The maximum Gasteiger partial charge on any atom is 0.457 e. The van der Waals surface area contributed by atoms with Gasteiger partial charge in [0.2, 0.25) is 0 Å². The van der Waals surface area contributed by atoms with Gasteiger partial charge in [0.1, 0.15) is 0 Å². The molecule has 0 spiro atoms. The van der Waals surface area contributed by atoms with Crippen LogP contribution in [0.4, 0.5) is 40.8 Å². The van der Waals surface area contributed by atoms with Crippen LogP contribution in [-0.4, -0.2) is 28.3 Å². The normalized spacial score (nSPS) is 16.2. The smallest absolute Gasteiger partial charge is 0.371 e. The molecule has 0 amide bonds. The molecule has 22 heavy (non-hydrogen) atoms. The van der Waals surface area contributed by atoms with Gasteiger partial charge in [0.25, 0.3) is 11.3 Å². The van der Waals surface area contributed by atoms with Gasteiger partial charge >= 0.3 is 18.3 Å². The van der Waals surface area contributed by atoms with E-state index in [1.807, 2.05) is 0 Å². The lowest BCUT2D eigenvalue weighted by Crippen LogP contribution is -2.62. The number of alkyl halides is 8. The van der Waals surface area contributed by atoms with Crippen LogP contribution in [0.15, 0.2) is 24.3 Å². The third-order valence-corrected chi connectivity index (χ3v) is 2.71. The molecule has 1 aromatic rings.